The summed E-state index contributed by atoms with van der Waals surface area (Å²) in [6.07, 6.45) is 7.73. The van der Waals surface area contributed by atoms with Crippen molar-refractivity contribution in [2.24, 2.45) is 23.2 Å². The van der Waals surface area contributed by atoms with Crippen molar-refractivity contribution in [3.8, 4) is 0 Å². The Bertz CT molecular complexity index is 664. The number of carbonyl (C=O) groups is 1. The largest absolute Gasteiger partial charge is 0.444 e. The average Bonchev–Trinajstić information content (AvgIpc) is 3.26. The van der Waals surface area contributed by atoms with Crippen LogP contribution < -0.4 is 0 Å². The number of hydrogen-bond acceptors (Lipinski definition) is 3. The van der Waals surface area contributed by atoms with Crippen LogP contribution in [0.5, 0.6) is 0 Å². The number of ether oxygens (including phenoxy) is 1. The molecule has 0 radical (unpaired) electrons. The van der Waals surface area contributed by atoms with Gasteiger partial charge in [0.25, 0.3) is 0 Å². The van der Waals surface area contributed by atoms with Gasteiger partial charge in [-0.2, -0.15) is 0 Å². The Morgan fingerprint density at radius 1 is 1.10 bits per heavy atom. The Morgan fingerprint density at radius 3 is 2.41 bits per heavy atom. The van der Waals surface area contributed by atoms with Crippen LogP contribution in [0.2, 0.25) is 18.1 Å². The summed E-state index contributed by atoms with van der Waals surface area (Å²) in [6.45, 7) is 18.2. The fraction of sp³-hybridized carbons (Fsp3) is 0.958. The van der Waals surface area contributed by atoms with Crippen LogP contribution in [0.3, 0.4) is 0 Å². The standard InChI is InChI=1S/C24H43NO3Si/c1-22(2,3)28-21(26)25-18(15-27-29(7,8)23(4,5)6)20-16-11-12-17(14-16)24(20)13-9-10-19(24)25/h16-20H,9-15H2,1-8H3/t16?,17?,18-,19?,20?,24?/m1/s1. The van der Waals surface area contributed by atoms with E-state index in [9.17, 15) is 4.79 Å². The zero-order valence-electron chi connectivity index (χ0n) is 20.0. The first-order valence-electron chi connectivity index (χ1n) is 11.9. The first kappa shape index (κ1) is 21.7. The maximum atomic E-state index is 13.5. The molecule has 0 N–H and O–H groups in total. The number of nitrogens with zero attached hydrogens (tertiary/aromatic N) is 1. The van der Waals surface area contributed by atoms with Gasteiger partial charge in [0.2, 0.25) is 0 Å². The van der Waals surface area contributed by atoms with Crippen LogP contribution in [0.25, 0.3) is 0 Å². The van der Waals surface area contributed by atoms with Crippen LogP contribution in [0.1, 0.15) is 80.1 Å². The maximum Gasteiger partial charge on any atom is 0.410 e. The average molecular weight is 422 g/mol. The molecule has 1 spiro atoms. The first-order valence-corrected chi connectivity index (χ1v) is 14.8. The van der Waals surface area contributed by atoms with Crippen LogP contribution in [-0.2, 0) is 9.16 Å². The van der Waals surface area contributed by atoms with Crippen molar-refractivity contribution in [1.29, 1.82) is 0 Å². The van der Waals surface area contributed by atoms with E-state index >= 15 is 0 Å². The Hall–Kier alpha value is -0.553. The van der Waals surface area contributed by atoms with E-state index in [1.807, 2.05) is 20.8 Å². The van der Waals surface area contributed by atoms with Gasteiger partial charge in [-0.1, -0.05) is 27.2 Å². The number of carbonyl (C=O) groups excluding carboxylic acids is 1. The van der Waals surface area contributed by atoms with Gasteiger partial charge >= 0.3 is 6.09 Å². The molecule has 166 valence electrons. The van der Waals surface area contributed by atoms with Gasteiger partial charge in [-0.15, -0.1) is 0 Å². The Morgan fingerprint density at radius 2 is 1.79 bits per heavy atom. The van der Waals surface area contributed by atoms with Crippen molar-refractivity contribution in [3.05, 3.63) is 0 Å². The topological polar surface area (TPSA) is 38.8 Å². The highest BCUT2D eigenvalue weighted by Crippen LogP contribution is 2.71. The molecule has 5 unspecified atom stereocenters. The van der Waals surface area contributed by atoms with E-state index in [0.29, 0.717) is 24.0 Å². The molecule has 6 atom stereocenters. The minimum Gasteiger partial charge on any atom is -0.444 e. The van der Waals surface area contributed by atoms with Crippen molar-refractivity contribution in [2.45, 2.75) is 116 Å². The third-order valence-electron chi connectivity index (χ3n) is 9.20. The molecule has 0 aromatic heterocycles. The zero-order valence-corrected chi connectivity index (χ0v) is 21.0. The molecular formula is C24H43NO3Si. The van der Waals surface area contributed by atoms with E-state index in [4.69, 9.17) is 9.16 Å². The molecule has 1 saturated heterocycles. The van der Waals surface area contributed by atoms with Gasteiger partial charge in [0.1, 0.15) is 5.60 Å². The number of likely N-dealkylation sites (tertiary alicyclic amines) is 1. The molecule has 5 heteroatoms. The lowest BCUT2D eigenvalue weighted by molar-refractivity contribution is 0.00322. The summed E-state index contributed by atoms with van der Waals surface area (Å²) >= 11 is 0. The predicted octanol–water partition coefficient (Wildman–Crippen LogP) is 6.21. The predicted molar refractivity (Wildman–Crippen MR) is 119 cm³/mol. The van der Waals surface area contributed by atoms with Crippen molar-refractivity contribution in [1.82, 2.24) is 4.90 Å². The van der Waals surface area contributed by atoms with Gasteiger partial charge in [-0.05, 0) is 94.2 Å². The SMILES string of the molecule is CC(C)(C)OC(=O)N1C2CCCC23C2CCC(C2)C3[C@H]1CO[Si](C)(C)C(C)(C)C. The van der Waals surface area contributed by atoms with Gasteiger partial charge in [0.05, 0.1) is 12.6 Å². The highest BCUT2D eigenvalue weighted by molar-refractivity contribution is 6.74. The van der Waals surface area contributed by atoms with Gasteiger partial charge in [0, 0.05) is 6.04 Å². The fourth-order valence-corrected chi connectivity index (χ4v) is 8.21. The molecular weight excluding hydrogens is 378 g/mol. The quantitative estimate of drug-likeness (QED) is 0.508. The summed E-state index contributed by atoms with van der Waals surface area (Å²) < 4.78 is 12.7. The van der Waals surface area contributed by atoms with Crippen LogP contribution in [0.15, 0.2) is 0 Å². The second kappa shape index (κ2) is 6.72. The summed E-state index contributed by atoms with van der Waals surface area (Å²) in [5.41, 5.74) is -0.106. The van der Waals surface area contributed by atoms with E-state index < -0.39 is 13.9 Å². The fourth-order valence-electron chi connectivity index (χ4n) is 7.19. The summed E-state index contributed by atoms with van der Waals surface area (Å²) in [4.78, 5) is 15.7. The smallest absolute Gasteiger partial charge is 0.410 e. The first-order chi connectivity index (χ1) is 13.3. The lowest BCUT2D eigenvalue weighted by atomic mass is 9.64. The van der Waals surface area contributed by atoms with Crippen LogP contribution in [0, 0.1) is 23.2 Å². The van der Waals surface area contributed by atoms with E-state index in [1.165, 1.54) is 32.1 Å². The summed E-state index contributed by atoms with van der Waals surface area (Å²) in [7, 11) is -1.87. The number of amides is 1. The third-order valence-corrected chi connectivity index (χ3v) is 13.7. The minimum absolute atomic E-state index is 0.0959. The van der Waals surface area contributed by atoms with Crippen LogP contribution in [-0.4, -0.2) is 43.6 Å². The molecule has 29 heavy (non-hydrogen) atoms. The molecule has 1 amide bonds. The molecule has 0 aromatic carbocycles. The lowest BCUT2D eigenvalue weighted by Crippen LogP contribution is -2.50. The zero-order chi connectivity index (χ0) is 21.4. The van der Waals surface area contributed by atoms with Gasteiger partial charge < -0.3 is 9.16 Å². The molecule has 3 aliphatic carbocycles. The van der Waals surface area contributed by atoms with Gasteiger partial charge in [-0.3, -0.25) is 4.90 Å². The molecule has 1 heterocycles. The Balaban J connectivity index is 1.65. The summed E-state index contributed by atoms with van der Waals surface area (Å²) in [5.74, 6) is 2.21. The highest BCUT2D eigenvalue weighted by atomic mass is 28.4. The Labute approximate surface area is 179 Å². The van der Waals surface area contributed by atoms with E-state index in [2.05, 4.69) is 38.8 Å². The Kier molecular flexibility index (Phi) is 5.02. The molecule has 0 aromatic rings. The monoisotopic (exact) mass is 421 g/mol. The second-order valence-electron chi connectivity index (χ2n) is 12.8. The van der Waals surface area contributed by atoms with Gasteiger partial charge in [-0.25, -0.2) is 4.79 Å². The van der Waals surface area contributed by atoms with E-state index in [1.54, 1.807) is 0 Å². The van der Waals surface area contributed by atoms with Gasteiger partial charge in [0.15, 0.2) is 8.32 Å². The lowest BCUT2D eigenvalue weighted by Gasteiger charge is -2.41. The van der Waals surface area contributed by atoms with Crippen molar-refractivity contribution >= 4 is 14.4 Å². The van der Waals surface area contributed by atoms with Crippen molar-refractivity contribution < 1.29 is 14.0 Å². The molecule has 3 saturated carbocycles. The molecule has 4 rings (SSSR count). The molecule has 4 nitrogen and oxygen atoms in total. The van der Waals surface area contributed by atoms with Crippen LogP contribution >= 0.6 is 0 Å². The number of fused-ring (bicyclic) bond motifs is 3. The second-order valence-corrected chi connectivity index (χ2v) is 17.7. The summed E-state index contributed by atoms with van der Waals surface area (Å²) in [5, 5.41) is 0.185. The minimum atomic E-state index is -1.87. The number of rotatable bonds is 3. The summed E-state index contributed by atoms with van der Waals surface area (Å²) in [6, 6.07) is 0.560. The van der Waals surface area contributed by atoms with Crippen LogP contribution in [0.4, 0.5) is 4.79 Å². The molecule has 4 aliphatic rings. The molecule has 4 fully saturated rings. The van der Waals surface area contributed by atoms with Crippen molar-refractivity contribution in [3.63, 3.8) is 0 Å². The number of hydrogen-bond donors (Lipinski definition) is 0. The van der Waals surface area contributed by atoms with E-state index in [0.717, 1.165) is 18.3 Å². The highest BCUT2D eigenvalue weighted by Gasteiger charge is 2.71. The normalized spacial score (nSPS) is 39.0. The van der Waals surface area contributed by atoms with Crippen molar-refractivity contribution in [2.75, 3.05) is 6.61 Å². The van der Waals surface area contributed by atoms with E-state index in [-0.39, 0.29) is 17.2 Å². The molecule has 1 aliphatic heterocycles. The third kappa shape index (κ3) is 3.29. The molecule has 2 bridgehead atoms. The maximum absolute atomic E-state index is 13.5.